The Morgan fingerprint density at radius 3 is 1.77 bits per heavy atom. The monoisotopic (exact) mass is 471 g/mol. The molecule has 1 aliphatic rings. The second-order valence-corrected chi connectivity index (χ2v) is 10.9. The molecule has 35 heavy (non-hydrogen) atoms. The zero-order valence-electron chi connectivity index (χ0n) is 21.6. The van der Waals surface area contributed by atoms with E-state index in [0.717, 1.165) is 49.0 Å². The lowest BCUT2D eigenvalue weighted by molar-refractivity contribution is -0.133. The molecule has 3 aromatic carbocycles. The van der Waals surface area contributed by atoms with E-state index in [1.54, 1.807) is 0 Å². The van der Waals surface area contributed by atoms with E-state index in [9.17, 15) is 5.11 Å². The molecule has 0 radical (unpaired) electrons. The standard InChI is InChI=1S/C32H41NO2/c1-31(2,3)28-18-20-29(21-19-28)32(34,33-23-11-6-12-24-33)22-13-25-35-30(26-14-7-4-8-15-26)27-16-9-5-10-17-27/h4-5,7-10,14-21,30,34H,6,11-13,22-25H2,1-3H3. The van der Waals surface area contributed by atoms with Gasteiger partial charge in [-0.05, 0) is 53.4 Å². The van der Waals surface area contributed by atoms with Crippen LogP contribution in [0.15, 0.2) is 84.9 Å². The molecule has 1 fully saturated rings. The molecule has 3 heteroatoms. The van der Waals surface area contributed by atoms with Crippen molar-refractivity contribution >= 4 is 0 Å². The van der Waals surface area contributed by atoms with E-state index >= 15 is 0 Å². The van der Waals surface area contributed by atoms with Gasteiger partial charge in [-0.1, -0.05) is 112 Å². The Hall–Kier alpha value is -2.46. The minimum atomic E-state index is -0.963. The summed E-state index contributed by atoms with van der Waals surface area (Å²) in [5.41, 5.74) is 3.73. The Balaban J connectivity index is 1.48. The highest BCUT2D eigenvalue weighted by Crippen LogP contribution is 2.35. The Morgan fingerprint density at radius 2 is 1.26 bits per heavy atom. The quantitative estimate of drug-likeness (QED) is 0.335. The van der Waals surface area contributed by atoms with Gasteiger partial charge in [-0.3, -0.25) is 4.90 Å². The van der Waals surface area contributed by atoms with Crippen LogP contribution in [-0.4, -0.2) is 29.7 Å². The summed E-state index contributed by atoms with van der Waals surface area (Å²) in [7, 11) is 0. The van der Waals surface area contributed by atoms with Crippen LogP contribution in [0.1, 0.15) is 81.2 Å². The fourth-order valence-electron chi connectivity index (χ4n) is 5.15. The Labute approximate surface area is 211 Å². The third kappa shape index (κ3) is 6.41. The molecule has 1 N–H and O–H groups in total. The molecule has 1 aliphatic heterocycles. The highest BCUT2D eigenvalue weighted by molar-refractivity contribution is 5.31. The number of ether oxygens (including phenoxy) is 1. The maximum atomic E-state index is 12.1. The van der Waals surface area contributed by atoms with Crippen molar-refractivity contribution < 1.29 is 9.84 Å². The van der Waals surface area contributed by atoms with Gasteiger partial charge >= 0.3 is 0 Å². The predicted octanol–water partition coefficient (Wildman–Crippen LogP) is 7.20. The second-order valence-electron chi connectivity index (χ2n) is 10.9. The first-order chi connectivity index (χ1) is 16.9. The average Bonchev–Trinajstić information content (AvgIpc) is 2.89. The smallest absolute Gasteiger partial charge is 0.144 e. The summed E-state index contributed by atoms with van der Waals surface area (Å²) in [6.45, 7) is 9.15. The fraction of sp³-hybridized carbons (Fsp3) is 0.438. The Morgan fingerprint density at radius 1 is 0.743 bits per heavy atom. The molecule has 0 spiro atoms. The molecule has 1 saturated heterocycles. The third-order valence-electron chi connectivity index (χ3n) is 7.25. The van der Waals surface area contributed by atoms with Gasteiger partial charge in [0.1, 0.15) is 11.8 Å². The summed E-state index contributed by atoms with van der Waals surface area (Å²) in [6, 6.07) is 29.4. The van der Waals surface area contributed by atoms with Crippen LogP contribution in [0, 0.1) is 0 Å². The Kier molecular flexibility index (Phi) is 8.43. The molecule has 0 saturated carbocycles. The molecule has 0 bridgehead atoms. The molecule has 1 heterocycles. The summed E-state index contributed by atoms with van der Waals surface area (Å²) in [4.78, 5) is 2.29. The topological polar surface area (TPSA) is 32.7 Å². The van der Waals surface area contributed by atoms with Crippen molar-refractivity contribution in [2.75, 3.05) is 19.7 Å². The molecule has 3 aromatic rings. The third-order valence-corrected chi connectivity index (χ3v) is 7.25. The summed E-state index contributed by atoms with van der Waals surface area (Å²) in [5.74, 6) is 0. The van der Waals surface area contributed by atoms with Gasteiger partial charge in [0.2, 0.25) is 0 Å². The lowest BCUT2D eigenvalue weighted by Gasteiger charge is -2.42. The summed E-state index contributed by atoms with van der Waals surface area (Å²) >= 11 is 0. The molecule has 4 rings (SSSR count). The van der Waals surface area contributed by atoms with Gasteiger partial charge in [0.15, 0.2) is 0 Å². The van der Waals surface area contributed by atoms with Crippen LogP contribution < -0.4 is 0 Å². The summed E-state index contributed by atoms with van der Waals surface area (Å²) in [6.07, 6.45) is 4.86. The average molecular weight is 472 g/mol. The lowest BCUT2D eigenvalue weighted by atomic mass is 9.85. The summed E-state index contributed by atoms with van der Waals surface area (Å²) in [5, 5.41) is 12.1. The van der Waals surface area contributed by atoms with Crippen LogP contribution in [0.25, 0.3) is 0 Å². The Bertz CT molecular complexity index is 981. The number of hydrogen-bond acceptors (Lipinski definition) is 3. The van der Waals surface area contributed by atoms with Crippen LogP contribution >= 0.6 is 0 Å². The van der Waals surface area contributed by atoms with E-state index < -0.39 is 5.72 Å². The number of piperidine rings is 1. The van der Waals surface area contributed by atoms with Gasteiger partial charge < -0.3 is 9.84 Å². The van der Waals surface area contributed by atoms with Crippen LogP contribution in [0.4, 0.5) is 0 Å². The van der Waals surface area contributed by atoms with E-state index in [4.69, 9.17) is 4.74 Å². The van der Waals surface area contributed by atoms with Crippen molar-refractivity contribution in [3.05, 3.63) is 107 Å². The van der Waals surface area contributed by atoms with Crippen LogP contribution in [0.3, 0.4) is 0 Å². The highest BCUT2D eigenvalue weighted by Gasteiger charge is 2.36. The molecule has 3 nitrogen and oxygen atoms in total. The van der Waals surface area contributed by atoms with E-state index in [0.29, 0.717) is 13.0 Å². The van der Waals surface area contributed by atoms with Crippen molar-refractivity contribution in [3.63, 3.8) is 0 Å². The van der Waals surface area contributed by atoms with E-state index in [-0.39, 0.29) is 11.5 Å². The first-order valence-corrected chi connectivity index (χ1v) is 13.2. The summed E-state index contributed by atoms with van der Waals surface area (Å²) < 4.78 is 6.47. The van der Waals surface area contributed by atoms with Gasteiger partial charge in [-0.2, -0.15) is 0 Å². The largest absolute Gasteiger partial charge is 0.371 e. The van der Waals surface area contributed by atoms with Gasteiger partial charge in [-0.25, -0.2) is 0 Å². The van der Waals surface area contributed by atoms with Crippen LogP contribution in [0.2, 0.25) is 0 Å². The zero-order chi connectivity index (χ0) is 24.7. The number of hydrogen-bond donors (Lipinski definition) is 1. The van der Waals surface area contributed by atoms with Gasteiger partial charge in [0.25, 0.3) is 0 Å². The number of rotatable bonds is 9. The first kappa shape index (κ1) is 25.6. The van der Waals surface area contributed by atoms with Crippen molar-refractivity contribution in [2.24, 2.45) is 0 Å². The second kappa shape index (κ2) is 11.5. The maximum Gasteiger partial charge on any atom is 0.144 e. The van der Waals surface area contributed by atoms with Crippen LogP contribution in [0.5, 0.6) is 0 Å². The normalized spacial score (nSPS) is 16.8. The van der Waals surface area contributed by atoms with Crippen LogP contribution in [-0.2, 0) is 15.9 Å². The maximum absolute atomic E-state index is 12.1. The minimum absolute atomic E-state index is 0.0967. The van der Waals surface area contributed by atoms with Gasteiger partial charge in [0, 0.05) is 19.7 Å². The first-order valence-electron chi connectivity index (χ1n) is 13.2. The van der Waals surface area contributed by atoms with Crippen molar-refractivity contribution in [2.45, 2.75) is 70.1 Å². The molecule has 186 valence electrons. The fourth-order valence-corrected chi connectivity index (χ4v) is 5.15. The molecular weight excluding hydrogens is 430 g/mol. The molecule has 1 unspecified atom stereocenters. The zero-order valence-corrected chi connectivity index (χ0v) is 21.6. The number of nitrogens with zero attached hydrogens (tertiary/aromatic N) is 1. The van der Waals surface area contributed by atoms with Crippen molar-refractivity contribution in [1.29, 1.82) is 0 Å². The minimum Gasteiger partial charge on any atom is -0.371 e. The number of aliphatic hydroxyl groups is 1. The van der Waals surface area contributed by atoms with E-state index in [1.165, 1.54) is 12.0 Å². The number of benzene rings is 3. The predicted molar refractivity (Wildman–Crippen MR) is 144 cm³/mol. The van der Waals surface area contributed by atoms with Crippen molar-refractivity contribution in [1.82, 2.24) is 4.90 Å². The van der Waals surface area contributed by atoms with Gasteiger partial charge in [0.05, 0.1) is 0 Å². The lowest BCUT2D eigenvalue weighted by Crippen LogP contribution is -2.48. The SMILES string of the molecule is CC(C)(C)c1ccc(C(O)(CCCOC(c2ccccc2)c2ccccc2)N2CCCCC2)cc1. The molecule has 0 amide bonds. The molecule has 1 atom stereocenters. The molecule has 0 aliphatic carbocycles. The molecular formula is C32H41NO2. The highest BCUT2D eigenvalue weighted by atomic mass is 16.5. The van der Waals surface area contributed by atoms with E-state index in [1.807, 2.05) is 12.1 Å². The van der Waals surface area contributed by atoms with E-state index in [2.05, 4.69) is 98.5 Å². The van der Waals surface area contributed by atoms with Crippen molar-refractivity contribution in [3.8, 4) is 0 Å². The number of likely N-dealkylation sites (tertiary alicyclic amines) is 1. The molecule has 0 aromatic heterocycles. The van der Waals surface area contributed by atoms with Gasteiger partial charge in [-0.15, -0.1) is 0 Å².